The van der Waals surface area contributed by atoms with Crippen molar-refractivity contribution in [2.45, 2.75) is 270 Å². The molecule has 5 atom stereocenters. The lowest BCUT2D eigenvalue weighted by atomic mass is 10.1. The minimum Gasteiger partial charge on any atom is -0.463 e. The van der Waals surface area contributed by atoms with Gasteiger partial charge in [0.1, 0.15) is 25.4 Å². The smallest absolute Gasteiger partial charge is 0.463 e. The van der Waals surface area contributed by atoms with Gasteiger partial charge in [-0.2, -0.15) is 0 Å². The Morgan fingerprint density at radius 3 is 0.955 bits per heavy atom. The van der Waals surface area contributed by atoms with Gasteiger partial charge in [-0.15, -0.1) is 0 Å². The van der Waals surface area contributed by atoms with Gasteiger partial charge in [0.15, 0.2) is 6.10 Å². The number of rotatable bonds is 63. The first-order valence-electron chi connectivity index (χ1n) is 33.8. The maximum Gasteiger partial charge on any atom is 0.472 e. The number of allylic oxidation sites excluding steroid dienone is 20. The molecule has 0 aromatic rings. The first kappa shape index (κ1) is 85.0. The van der Waals surface area contributed by atoms with Crippen LogP contribution in [0.4, 0.5) is 0 Å². The Morgan fingerprint density at radius 1 is 0.326 bits per heavy atom. The van der Waals surface area contributed by atoms with Crippen LogP contribution >= 0.6 is 15.6 Å². The molecule has 18 heteroatoms. The highest BCUT2D eigenvalue weighted by Crippen LogP contribution is 2.45. The third kappa shape index (κ3) is 65.3. The van der Waals surface area contributed by atoms with Gasteiger partial charge in [-0.3, -0.25) is 32.5 Å². The largest absolute Gasteiger partial charge is 0.472 e. The second-order valence-electron chi connectivity index (χ2n) is 22.2. The van der Waals surface area contributed by atoms with Crippen LogP contribution in [0.5, 0.6) is 0 Å². The third-order valence-corrected chi connectivity index (χ3v) is 15.6. The number of hydrogen-bond acceptors (Lipinski definition) is 14. The molecule has 4 N–H and O–H groups in total. The van der Waals surface area contributed by atoms with Crippen molar-refractivity contribution in [2.24, 2.45) is 0 Å². The second-order valence-corrected chi connectivity index (χ2v) is 25.1. The molecule has 0 rings (SSSR count). The summed E-state index contributed by atoms with van der Waals surface area (Å²) in [6.07, 6.45) is 72.6. The molecular formula is C71H120O16P2. The van der Waals surface area contributed by atoms with Crippen LogP contribution in [0.15, 0.2) is 122 Å². The summed E-state index contributed by atoms with van der Waals surface area (Å²) in [5.74, 6) is -1.62. The van der Waals surface area contributed by atoms with Crippen molar-refractivity contribution in [3.63, 3.8) is 0 Å². The fourth-order valence-electron chi connectivity index (χ4n) is 8.51. The molecule has 0 bridgehead atoms. The summed E-state index contributed by atoms with van der Waals surface area (Å²) in [7, 11) is -9.78. The molecule has 0 aromatic carbocycles. The summed E-state index contributed by atoms with van der Waals surface area (Å²) < 4.78 is 60.8. The van der Waals surface area contributed by atoms with Gasteiger partial charge < -0.3 is 34.2 Å². The van der Waals surface area contributed by atoms with E-state index in [9.17, 15) is 43.5 Å². The monoisotopic (exact) mass is 1290 g/mol. The summed E-state index contributed by atoms with van der Waals surface area (Å²) in [6, 6.07) is 0. The maximum atomic E-state index is 12.9. The molecule has 0 aliphatic heterocycles. The van der Waals surface area contributed by atoms with Gasteiger partial charge >= 0.3 is 33.6 Å². The molecule has 0 amide bonds. The number of ether oxygens (including phenoxy) is 3. The van der Waals surface area contributed by atoms with E-state index in [0.717, 1.165) is 180 Å². The summed E-state index contributed by atoms with van der Waals surface area (Å²) in [5, 5.41) is 20.5. The number of unbranched alkanes of at least 4 members (excludes halogenated alkanes) is 20. The average molecular weight is 1290 g/mol. The molecular weight excluding hydrogens is 1170 g/mol. The molecule has 0 saturated carbocycles. The van der Waals surface area contributed by atoms with E-state index < -0.39 is 91.5 Å². The summed E-state index contributed by atoms with van der Waals surface area (Å²) in [4.78, 5) is 58.3. The summed E-state index contributed by atoms with van der Waals surface area (Å²) in [6.45, 7) is 2.34. The van der Waals surface area contributed by atoms with E-state index in [-0.39, 0.29) is 19.3 Å². The predicted octanol–water partition coefficient (Wildman–Crippen LogP) is 18.6. The van der Waals surface area contributed by atoms with Gasteiger partial charge in [0.2, 0.25) is 0 Å². The van der Waals surface area contributed by atoms with E-state index in [1.165, 1.54) is 12.8 Å². The second kappa shape index (κ2) is 64.1. The van der Waals surface area contributed by atoms with Crippen molar-refractivity contribution in [1.82, 2.24) is 0 Å². The van der Waals surface area contributed by atoms with Gasteiger partial charge in [-0.25, -0.2) is 9.13 Å². The van der Waals surface area contributed by atoms with Gasteiger partial charge in [0.05, 0.1) is 26.4 Å². The zero-order chi connectivity index (χ0) is 65.3. The quantitative estimate of drug-likeness (QED) is 0.0146. The fraction of sp³-hybridized carbons (Fsp3) is 0.676. The molecule has 0 aliphatic rings. The highest BCUT2D eigenvalue weighted by molar-refractivity contribution is 7.47. The van der Waals surface area contributed by atoms with Gasteiger partial charge in [0, 0.05) is 19.3 Å². The average Bonchev–Trinajstić information content (AvgIpc) is 3.52. The van der Waals surface area contributed by atoms with Gasteiger partial charge in [-0.1, -0.05) is 232 Å². The van der Waals surface area contributed by atoms with Crippen LogP contribution in [0.2, 0.25) is 0 Å². The van der Waals surface area contributed by atoms with E-state index in [4.69, 9.17) is 32.3 Å². The Balaban J connectivity index is 4.55. The Morgan fingerprint density at radius 2 is 0.596 bits per heavy atom. The van der Waals surface area contributed by atoms with Crippen molar-refractivity contribution in [1.29, 1.82) is 0 Å². The molecule has 16 nitrogen and oxygen atoms in total. The summed E-state index contributed by atoms with van der Waals surface area (Å²) >= 11 is 0. The fourth-order valence-corrected chi connectivity index (χ4v) is 10.1. The molecule has 89 heavy (non-hydrogen) atoms. The summed E-state index contributed by atoms with van der Waals surface area (Å²) in [5.41, 5.74) is 0. The number of phosphoric ester groups is 2. The Hall–Kier alpha value is -4.05. The minimum absolute atomic E-state index is 0.0895. The standard InChI is InChI=1S/C71H120O16P2/c1-4-7-10-13-16-19-22-24-26-28-29-30-31-32-33-34-35-37-39-40-43-45-48-51-54-57-69(74)81-60-66(72)61-83-88(77,78)84-62-67(73)63-85-89(79,80)86-65-68(87-71(76)59-56-53-50-47-42-21-18-15-12-9-6-3)64-82-70(75)58-55-52-49-46-44-41-38-36-27-25-23-20-17-14-11-8-5-2/h7-8,10-11,15-20,24-27,29-30,32-33,35,37,66-68,72-73H,4-6,9,12-14,21-23,28,31,34,36,38-65H2,1-3H3,(H,77,78)(H,79,80)/b10-7-,11-8-,18-15-,19-16-,20-17-,26-24-,27-25-,30-29-,33-32-,37-35-. The van der Waals surface area contributed by atoms with Crippen LogP contribution < -0.4 is 0 Å². The molecule has 0 radical (unpaired) electrons. The third-order valence-electron chi connectivity index (χ3n) is 13.7. The Labute approximate surface area is 538 Å². The van der Waals surface area contributed by atoms with Crippen LogP contribution in [0, 0.1) is 0 Å². The van der Waals surface area contributed by atoms with Crippen LogP contribution in [0.1, 0.15) is 252 Å². The zero-order valence-electron chi connectivity index (χ0n) is 55.1. The van der Waals surface area contributed by atoms with E-state index in [2.05, 4.69) is 142 Å². The number of aliphatic hydroxyl groups excluding tert-OH is 2. The van der Waals surface area contributed by atoms with Gasteiger partial charge in [-0.05, 0) is 122 Å². The SMILES string of the molecule is CC/C=C\C/C=C\C/C=C\C/C=C\C/C=C\C/C=C\CCCCCCCCC(=O)OCC(O)COP(=O)(O)OCC(O)COP(=O)(O)OCC(COC(=O)CCCCCCCCC/C=C\C/C=C\C/C=C\CC)OC(=O)CCCCCCC/C=C\CCCC. The Kier molecular flexibility index (Phi) is 61.2. The maximum absolute atomic E-state index is 12.9. The molecule has 0 heterocycles. The lowest BCUT2D eigenvalue weighted by Gasteiger charge is -2.21. The minimum atomic E-state index is -4.93. The van der Waals surface area contributed by atoms with E-state index in [1.807, 2.05) is 0 Å². The van der Waals surface area contributed by atoms with Gasteiger partial charge in [0.25, 0.3) is 0 Å². The molecule has 0 spiro atoms. The first-order chi connectivity index (χ1) is 43.2. The topological polar surface area (TPSA) is 231 Å². The lowest BCUT2D eigenvalue weighted by molar-refractivity contribution is -0.161. The highest BCUT2D eigenvalue weighted by Gasteiger charge is 2.29. The van der Waals surface area contributed by atoms with E-state index in [1.54, 1.807) is 0 Å². The van der Waals surface area contributed by atoms with Crippen molar-refractivity contribution in [3.05, 3.63) is 122 Å². The number of carbonyl (C=O) groups is 3. The van der Waals surface area contributed by atoms with Crippen molar-refractivity contribution in [3.8, 4) is 0 Å². The van der Waals surface area contributed by atoms with Crippen molar-refractivity contribution in [2.75, 3.05) is 39.6 Å². The number of hydrogen-bond donors (Lipinski definition) is 4. The van der Waals surface area contributed by atoms with Crippen LogP contribution in [-0.2, 0) is 55.8 Å². The highest BCUT2D eigenvalue weighted by atomic mass is 31.2. The number of carbonyl (C=O) groups excluding carboxylic acids is 3. The molecule has 0 aliphatic carbocycles. The number of esters is 3. The van der Waals surface area contributed by atoms with E-state index >= 15 is 0 Å². The zero-order valence-corrected chi connectivity index (χ0v) is 56.8. The molecule has 0 aromatic heterocycles. The molecule has 510 valence electrons. The van der Waals surface area contributed by atoms with Crippen molar-refractivity contribution < 1.29 is 75.8 Å². The molecule has 0 fully saturated rings. The van der Waals surface area contributed by atoms with Crippen LogP contribution in [0.25, 0.3) is 0 Å². The Bertz CT molecular complexity index is 2110. The molecule has 5 unspecified atom stereocenters. The normalized spacial score (nSPS) is 15.0. The lowest BCUT2D eigenvalue weighted by Crippen LogP contribution is -2.30. The number of phosphoric acid groups is 2. The van der Waals surface area contributed by atoms with E-state index in [0.29, 0.717) is 19.3 Å². The van der Waals surface area contributed by atoms with Crippen LogP contribution in [0.3, 0.4) is 0 Å². The predicted molar refractivity (Wildman–Crippen MR) is 362 cm³/mol. The first-order valence-corrected chi connectivity index (χ1v) is 36.8. The number of aliphatic hydroxyl groups is 2. The van der Waals surface area contributed by atoms with Crippen LogP contribution in [-0.4, -0.2) is 95.9 Å². The van der Waals surface area contributed by atoms with Crippen molar-refractivity contribution >= 4 is 33.6 Å². The molecule has 0 saturated heterocycles.